The highest BCUT2D eigenvalue weighted by molar-refractivity contribution is 5.64. The lowest BCUT2D eigenvalue weighted by Crippen LogP contribution is -2.27. The molecule has 0 aromatic heterocycles. The number of hydrogen-bond acceptors (Lipinski definition) is 4. The summed E-state index contributed by atoms with van der Waals surface area (Å²) in [5, 5.41) is 0. The van der Waals surface area contributed by atoms with Crippen LogP contribution < -0.4 is 20.3 Å². The van der Waals surface area contributed by atoms with Gasteiger partial charge in [-0.2, -0.15) is 0 Å². The van der Waals surface area contributed by atoms with E-state index in [1.54, 1.807) is 12.1 Å². The fraction of sp³-hybridized carbons (Fsp3) is 0.333. The van der Waals surface area contributed by atoms with Crippen molar-refractivity contribution in [2.24, 2.45) is 5.73 Å². The van der Waals surface area contributed by atoms with Crippen LogP contribution in [0.2, 0.25) is 0 Å². The largest absolute Gasteiger partial charge is 0.573 e. The highest BCUT2D eigenvalue weighted by Crippen LogP contribution is 2.41. The van der Waals surface area contributed by atoms with Crippen LogP contribution in [-0.4, -0.2) is 27.0 Å². The number of alkyl halides is 3. The molecule has 134 valence electrons. The Morgan fingerprint density at radius 3 is 2.40 bits per heavy atom. The third-order valence-electron chi connectivity index (χ3n) is 4.36. The van der Waals surface area contributed by atoms with E-state index in [4.69, 9.17) is 5.73 Å². The summed E-state index contributed by atoms with van der Waals surface area (Å²) >= 11 is 0. The maximum atomic E-state index is 12.3. The number of nitrogens with zero attached hydrogens (tertiary/aromatic N) is 2. The van der Waals surface area contributed by atoms with Gasteiger partial charge < -0.3 is 20.3 Å². The first-order valence-corrected chi connectivity index (χ1v) is 7.92. The molecule has 0 saturated heterocycles. The molecule has 0 fully saturated rings. The van der Waals surface area contributed by atoms with Crippen LogP contribution in [0.25, 0.3) is 0 Å². The van der Waals surface area contributed by atoms with Gasteiger partial charge in [0, 0.05) is 44.1 Å². The van der Waals surface area contributed by atoms with Crippen LogP contribution >= 0.6 is 0 Å². The van der Waals surface area contributed by atoms with E-state index in [0.29, 0.717) is 13.1 Å². The summed E-state index contributed by atoms with van der Waals surface area (Å²) in [6, 6.07) is 12.0. The minimum atomic E-state index is -4.69. The molecule has 0 aliphatic carbocycles. The topological polar surface area (TPSA) is 41.7 Å². The second-order valence-corrected chi connectivity index (χ2v) is 6.16. The van der Waals surface area contributed by atoms with E-state index in [-0.39, 0.29) is 11.8 Å². The standard InChI is InChI=1S/C18H20F3N3O/c1-23(2)16-5-3-4-14-15(16)11-24(17(14)10-22)12-6-8-13(9-7-12)25-18(19,20)21/h3-9,17H,10-11,22H2,1-2H3. The van der Waals surface area contributed by atoms with Crippen molar-refractivity contribution >= 4 is 11.4 Å². The van der Waals surface area contributed by atoms with Gasteiger partial charge in [-0.05, 0) is 35.9 Å². The highest BCUT2D eigenvalue weighted by Gasteiger charge is 2.33. The van der Waals surface area contributed by atoms with Crippen LogP contribution in [0, 0.1) is 0 Å². The number of anilines is 2. The summed E-state index contributed by atoms with van der Waals surface area (Å²) in [6.07, 6.45) is -4.69. The van der Waals surface area contributed by atoms with Crippen molar-refractivity contribution in [3.63, 3.8) is 0 Å². The zero-order valence-electron chi connectivity index (χ0n) is 14.0. The number of fused-ring (bicyclic) bond motifs is 1. The lowest BCUT2D eigenvalue weighted by atomic mass is 10.0. The number of ether oxygens (including phenoxy) is 1. The molecule has 2 N–H and O–H groups in total. The molecule has 2 aromatic carbocycles. The van der Waals surface area contributed by atoms with Gasteiger partial charge in [0.05, 0.1) is 6.04 Å². The normalized spacial score (nSPS) is 16.7. The van der Waals surface area contributed by atoms with Gasteiger partial charge in [-0.3, -0.25) is 0 Å². The molecule has 1 aliphatic rings. The predicted octanol–water partition coefficient (Wildman–Crippen LogP) is 3.67. The van der Waals surface area contributed by atoms with E-state index in [1.807, 2.05) is 20.2 Å². The van der Waals surface area contributed by atoms with Gasteiger partial charge in [-0.1, -0.05) is 12.1 Å². The van der Waals surface area contributed by atoms with Crippen molar-refractivity contribution in [2.45, 2.75) is 18.9 Å². The molecule has 1 unspecified atom stereocenters. The zero-order valence-corrected chi connectivity index (χ0v) is 14.0. The van der Waals surface area contributed by atoms with Crippen LogP contribution in [0.15, 0.2) is 42.5 Å². The Kier molecular flexibility index (Phi) is 4.51. The van der Waals surface area contributed by atoms with E-state index in [9.17, 15) is 13.2 Å². The van der Waals surface area contributed by atoms with Crippen LogP contribution in [0.4, 0.5) is 24.5 Å². The number of hydrogen-bond donors (Lipinski definition) is 1. The molecule has 1 atom stereocenters. The molecule has 25 heavy (non-hydrogen) atoms. The van der Waals surface area contributed by atoms with Crippen molar-refractivity contribution in [2.75, 3.05) is 30.4 Å². The van der Waals surface area contributed by atoms with Gasteiger partial charge in [0.2, 0.25) is 0 Å². The third-order valence-corrected chi connectivity index (χ3v) is 4.36. The maximum absolute atomic E-state index is 12.3. The SMILES string of the molecule is CN(C)c1cccc2c1CN(c1ccc(OC(F)(F)F)cc1)C2CN. The average Bonchev–Trinajstić information content (AvgIpc) is 2.92. The summed E-state index contributed by atoms with van der Waals surface area (Å²) in [7, 11) is 3.97. The van der Waals surface area contributed by atoms with E-state index in [2.05, 4.69) is 26.7 Å². The number of benzene rings is 2. The molecule has 2 aromatic rings. The lowest BCUT2D eigenvalue weighted by Gasteiger charge is -2.26. The molecule has 0 amide bonds. The lowest BCUT2D eigenvalue weighted by molar-refractivity contribution is -0.274. The van der Waals surface area contributed by atoms with E-state index >= 15 is 0 Å². The van der Waals surface area contributed by atoms with Gasteiger partial charge in [0.25, 0.3) is 0 Å². The summed E-state index contributed by atoms with van der Waals surface area (Å²) in [5.41, 5.74) is 10.3. The highest BCUT2D eigenvalue weighted by atomic mass is 19.4. The van der Waals surface area contributed by atoms with Crippen molar-refractivity contribution < 1.29 is 17.9 Å². The molecule has 0 radical (unpaired) electrons. The molecular weight excluding hydrogens is 331 g/mol. The molecular formula is C18H20F3N3O. The second kappa shape index (κ2) is 6.48. The van der Waals surface area contributed by atoms with Crippen molar-refractivity contribution in [3.05, 3.63) is 53.6 Å². The quantitative estimate of drug-likeness (QED) is 0.913. The zero-order chi connectivity index (χ0) is 18.2. The van der Waals surface area contributed by atoms with Crippen LogP contribution in [0.3, 0.4) is 0 Å². The average molecular weight is 351 g/mol. The monoisotopic (exact) mass is 351 g/mol. The smallest absolute Gasteiger partial charge is 0.406 e. The molecule has 0 spiro atoms. The van der Waals surface area contributed by atoms with Gasteiger partial charge in [0.15, 0.2) is 0 Å². The molecule has 1 aliphatic heterocycles. The number of rotatable bonds is 4. The summed E-state index contributed by atoms with van der Waals surface area (Å²) in [4.78, 5) is 4.16. The van der Waals surface area contributed by atoms with Crippen molar-refractivity contribution in [1.29, 1.82) is 0 Å². The van der Waals surface area contributed by atoms with E-state index in [0.717, 1.165) is 16.9 Å². The fourth-order valence-electron chi connectivity index (χ4n) is 3.31. The molecule has 4 nitrogen and oxygen atoms in total. The maximum Gasteiger partial charge on any atom is 0.573 e. The number of halogens is 3. The Hall–Kier alpha value is -2.41. The first-order chi connectivity index (χ1) is 11.8. The molecule has 0 bridgehead atoms. The molecule has 7 heteroatoms. The summed E-state index contributed by atoms with van der Waals surface area (Å²) in [6.45, 7) is 1.08. The minimum absolute atomic E-state index is 0.00992. The Morgan fingerprint density at radius 1 is 1.16 bits per heavy atom. The molecule has 3 rings (SSSR count). The van der Waals surface area contributed by atoms with Crippen LogP contribution in [0.1, 0.15) is 17.2 Å². The Labute approximate surface area is 144 Å². The number of nitrogens with two attached hydrogens (primary N) is 1. The van der Waals surface area contributed by atoms with Gasteiger partial charge in [0.1, 0.15) is 5.75 Å². The second-order valence-electron chi connectivity index (χ2n) is 6.16. The minimum Gasteiger partial charge on any atom is -0.406 e. The molecule has 0 saturated carbocycles. The Bertz CT molecular complexity index is 744. The predicted molar refractivity (Wildman–Crippen MR) is 91.9 cm³/mol. The Morgan fingerprint density at radius 2 is 1.84 bits per heavy atom. The van der Waals surface area contributed by atoms with Gasteiger partial charge in [-0.15, -0.1) is 13.2 Å². The first-order valence-electron chi connectivity index (χ1n) is 7.92. The summed E-state index contributed by atoms with van der Waals surface area (Å²) in [5.74, 6) is -0.230. The summed E-state index contributed by atoms with van der Waals surface area (Å²) < 4.78 is 40.8. The first kappa shape index (κ1) is 17.4. The molecule has 1 heterocycles. The third kappa shape index (κ3) is 3.51. The van der Waals surface area contributed by atoms with E-state index in [1.165, 1.54) is 17.7 Å². The van der Waals surface area contributed by atoms with E-state index < -0.39 is 6.36 Å². The van der Waals surface area contributed by atoms with Gasteiger partial charge >= 0.3 is 6.36 Å². The van der Waals surface area contributed by atoms with Gasteiger partial charge in [-0.25, -0.2) is 0 Å². The Balaban J connectivity index is 1.89. The van der Waals surface area contributed by atoms with Crippen molar-refractivity contribution in [1.82, 2.24) is 0 Å². The fourth-order valence-corrected chi connectivity index (χ4v) is 3.31. The van der Waals surface area contributed by atoms with Crippen molar-refractivity contribution in [3.8, 4) is 5.75 Å². The van der Waals surface area contributed by atoms with Crippen LogP contribution in [0.5, 0.6) is 5.75 Å². The van der Waals surface area contributed by atoms with Crippen LogP contribution in [-0.2, 0) is 6.54 Å².